The van der Waals surface area contributed by atoms with E-state index in [2.05, 4.69) is 7.05 Å². The van der Waals surface area contributed by atoms with Crippen LogP contribution in [0.5, 0.6) is 0 Å². The molecule has 1 fully saturated rings. The number of non-ortho nitro benzene ring substituents is 1. The van der Waals surface area contributed by atoms with Gasteiger partial charge in [0.25, 0.3) is 5.69 Å². The molecular weight excluding hydrogens is 367 g/mol. The van der Waals surface area contributed by atoms with Crippen LogP contribution in [0.15, 0.2) is 24.3 Å². The Balaban J connectivity index is 0.00000200. The van der Waals surface area contributed by atoms with Gasteiger partial charge in [0.05, 0.1) is 31.6 Å². The Hall–Kier alpha value is -0.690. The molecule has 0 spiro atoms. The molecule has 1 aliphatic heterocycles. The van der Waals surface area contributed by atoms with E-state index in [0.29, 0.717) is 0 Å². The van der Waals surface area contributed by atoms with Crippen LogP contribution in [-0.2, 0) is 6.42 Å². The standard InChI is InChI=1S/C15H23N2O2.HI/c1-17(11-4-2-3-5-12-17)13-10-14-6-8-15(9-7-14)16(18)19;/h6-9H,2-5,10-13H2,1H3;1H/q+1;/p-1. The highest BCUT2D eigenvalue weighted by atomic mass is 127. The average molecular weight is 390 g/mol. The van der Waals surface area contributed by atoms with Gasteiger partial charge in [-0.05, 0) is 31.2 Å². The molecule has 1 aromatic carbocycles. The summed E-state index contributed by atoms with van der Waals surface area (Å²) in [7, 11) is 2.34. The van der Waals surface area contributed by atoms with Crippen molar-refractivity contribution in [3.05, 3.63) is 39.9 Å². The highest BCUT2D eigenvalue weighted by Gasteiger charge is 2.22. The van der Waals surface area contributed by atoms with E-state index in [9.17, 15) is 10.1 Å². The van der Waals surface area contributed by atoms with Gasteiger partial charge in [0.1, 0.15) is 0 Å². The number of halogens is 1. The summed E-state index contributed by atoms with van der Waals surface area (Å²) in [6.07, 6.45) is 6.40. The van der Waals surface area contributed by atoms with Crippen molar-refractivity contribution >= 4 is 5.69 Å². The second-order valence-electron chi connectivity index (χ2n) is 5.88. The summed E-state index contributed by atoms with van der Waals surface area (Å²) in [5.41, 5.74) is 1.38. The number of nitro groups is 1. The fourth-order valence-electron chi connectivity index (χ4n) is 2.86. The quantitative estimate of drug-likeness (QED) is 0.318. The highest BCUT2D eigenvalue weighted by Crippen LogP contribution is 2.18. The lowest BCUT2D eigenvalue weighted by Crippen LogP contribution is -3.00. The minimum atomic E-state index is -0.341. The van der Waals surface area contributed by atoms with Crippen LogP contribution in [0, 0.1) is 10.1 Å². The third kappa shape index (κ3) is 5.01. The molecule has 0 radical (unpaired) electrons. The third-order valence-corrected chi connectivity index (χ3v) is 4.23. The minimum Gasteiger partial charge on any atom is -1.00 e. The maximum absolute atomic E-state index is 10.6. The third-order valence-electron chi connectivity index (χ3n) is 4.23. The van der Waals surface area contributed by atoms with Crippen LogP contribution in [0.3, 0.4) is 0 Å². The number of rotatable bonds is 4. The smallest absolute Gasteiger partial charge is 0.269 e. The van der Waals surface area contributed by atoms with Crippen molar-refractivity contribution in [2.75, 3.05) is 26.7 Å². The summed E-state index contributed by atoms with van der Waals surface area (Å²) in [5.74, 6) is 0. The lowest BCUT2D eigenvalue weighted by atomic mass is 10.1. The summed E-state index contributed by atoms with van der Waals surface area (Å²) in [4.78, 5) is 10.3. The minimum absolute atomic E-state index is 0. The summed E-state index contributed by atoms with van der Waals surface area (Å²) >= 11 is 0. The SMILES string of the molecule is C[N+]1(CCc2ccc([N+](=O)[O-])cc2)CCCCCC1.[I-]. The monoisotopic (exact) mass is 390 g/mol. The van der Waals surface area contributed by atoms with Crippen LogP contribution in [0.25, 0.3) is 0 Å². The first-order valence-corrected chi connectivity index (χ1v) is 7.16. The maximum atomic E-state index is 10.6. The van der Waals surface area contributed by atoms with Crippen LogP contribution < -0.4 is 24.0 Å². The van der Waals surface area contributed by atoms with Gasteiger partial charge in [-0.1, -0.05) is 12.1 Å². The molecule has 5 heteroatoms. The zero-order valence-electron chi connectivity index (χ0n) is 12.1. The number of hydrogen-bond acceptors (Lipinski definition) is 2. The van der Waals surface area contributed by atoms with Gasteiger partial charge in [0.15, 0.2) is 0 Å². The first-order valence-electron chi connectivity index (χ1n) is 7.16. The Morgan fingerprint density at radius 2 is 1.65 bits per heavy atom. The highest BCUT2D eigenvalue weighted by molar-refractivity contribution is 5.32. The van der Waals surface area contributed by atoms with Crippen molar-refractivity contribution in [1.29, 1.82) is 0 Å². The van der Waals surface area contributed by atoms with Crippen molar-refractivity contribution < 1.29 is 33.4 Å². The van der Waals surface area contributed by atoms with Gasteiger partial charge in [-0.25, -0.2) is 0 Å². The maximum Gasteiger partial charge on any atom is 0.269 e. The van der Waals surface area contributed by atoms with Crippen LogP contribution in [0.4, 0.5) is 5.69 Å². The van der Waals surface area contributed by atoms with Gasteiger partial charge in [-0.15, -0.1) is 0 Å². The Kier molecular flexibility index (Phi) is 6.88. The number of likely N-dealkylation sites (N-methyl/N-ethyl adjacent to an activating group) is 1. The molecule has 0 N–H and O–H groups in total. The molecule has 112 valence electrons. The van der Waals surface area contributed by atoms with Crippen molar-refractivity contribution in [1.82, 2.24) is 0 Å². The second-order valence-corrected chi connectivity index (χ2v) is 5.88. The number of likely N-dealkylation sites (tertiary alicyclic amines) is 1. The molecule has 0 atom stereocenters. The Labute approximate surface area is 137 Å². The Morgan fingerprint density at radius 3 is 2.15 bits per heavy atom. The van der Waals surface area contributed by atoms with E-state index >= 15 is 0 Å². The number of nitro benzene ring substituents is 1. The molecule has 0 bridgehead atoms. The fraction of sp³-hybridized carbons (Fsp3) is 0.600. The molecule has 1 heterocycles. The van der Waals surface area contributed by atoms with E-state index in [1.807, 2.05) is 12.1 Å². The van der Waals surface area contributed by atoms with E-state index in [0.717, 1.165) is 17.4 Å². The second kappa shape index (κ2) is 7.93. The van der Waals surface area contributed by atoms with Crippen LogP contribution in [-0.4, -0.2) is 36.1 Å². The van der Waals surface area contributed by atoms with Crippen LogP contribution in [0.1, 0.15) is 31.2 Å². The fourth-order valence-corrected chi connectivity index (χ4v) is 2.86. The number of hydrogen-bond donors (Lipinski definition) is 0. The summed E-state index contributed by atoms with van der Waals surface area (Å²) in [6.45, 7) is 3.68. The van der Waals surface area contributed by atoms with Gasteiger partial charge in [-0.3, -0.25) is 10.1 Å². The van der Waals surface area contributed by atoms with E-state index in [1.54, 1.807) is 12.1 Å². The topological polar surface area (TPSA) is 43.1 Å². The van der Waals surface area contributed by atoms with Crippen molar-refractivity contribution in [3.63, 3.8) is 0 Å². The molecule has 4 nitrogen and oxygen atoms in total. The van der Waals surface area contributed by atoms with Crippen LogP contribution >= 0.6 is 0 Å². The molecule has 1 aromatic rings. The molecule has 0 aliphatic carbocycles. The zero-order chi connectivity index (χ0) is 13.7. The van der Waals surface area contributed by atoms with Gasteiger partial charge >= 0.3 is 0 Å². The molecule has 0 amide bonds. The van der Waals surface area contributed by atoms with Gasteiger partial charge in [0, 0.05) is 18.6 Å². The Morgan fingerprint density at radius 1 is 1.10 bits per heavy atom. The predicted octanol–water partition coefficient (Wildman–Crippen LogP) is 0.162. The lowest BCUT2D eigenvalue weighted by molar-refractivity contribution is -0.908. The van der Waals surface area contributed by atoms with E-state index in [-0.39, 0.29) is 34.6 Å². The van der Waals surface area contributed by atoms with Gasteiger partial charge in [0.2, 0.25) is 0 Å². The molecule has 1 saturated heterocycles. The Bertz CT molecular complexity index is 426. The van der Waals surface area contributed by atoms with E-state index in [1.165, 1.54) is 44.3 Å². The molecule has 0 aromatic heterocycles. The van der Waals surface area contributed by atoms with Crippen LogP contribution in [0.2, 0.25) is 0 Å². The molecule has 0 saturated carbocycles. The van der Waals surface area contributed by atoms with Gasteiger partial charge < -0.3 is 28.5 Å². The first kappa shape index (κ1) is 17.4. The first-order chi connectivity index (χ1) is 9.09. The van der Waals surface area contributed by atoms with Crippen molar-refractivity contribution in [3.8, 4) is 0 Å². The van der Waals surface area contributed by atoms with Gasteiger partial charge in [-0.2, -0.15) is 0 Å². The molecule has 1 aliphatic rings. The molecule has 0 unspecified atom stereocenters. The van der Waals surface area contributed by atoms with Crippen molar-refractivity contribution in [2.24, 2.45) is 0 Å². The number of quaternary nitrogens is 1. The summed E-state index contributed by atoms with van der Waals surface area (Å²) < 4.78 is 1.15. The van der Waals surface area contributed by atoms with E-state index < -0.39 is 0 Å². The zero-order valence-corrected chi connectivity index (χ0v) is 14.2. The molecular formula is C15H23IN2O2. The summed E-state index contributed by atoms with van der Waals surface area (Å²) in [5, 5.41) is 10.6. The molecule has 20 heavy (non-hydrogen) atoms. The number of nitrogens with zero attached hydrogens (tertiary/aromatic N) is 2. The average Bonchev–Trinajstić information content (AvgIpc) is 2.62. The van der Waals surface area contributed by atoms with E-state index in [4.69, 9.17) is 0 Å². The lowest BCUT2D eigenvalue weighted by Gasteiger charge is -2.33. The van der Waals surface area contributed by atoms with Crippen molar-refractivity contribution in [2.45, 2.75) is 32.1 Å². The molecule has 2 rings (SSSR count). The normalized spacial score (nSPS) is 17.9. The summed E-state index contributed by atoms with van der Waals surface area (Å²) in [6, 6.07) is 7.00. The largest absolute Gasteiger partial charge is 1.00 e. The predicted molar refractivity (Wildman–Crippen MR) is 76.1 cm³/mol. The number of benzene rings is 1.